The summed E-state index contributed by atoms with van der Waals surface area (Å²) in [6, 6.07) is 15.1. The van der Waals surface area contributed by atoms with E-state index in [1.165, 1.54) is 26.4 Å². The maximum Gasteiger partial charge on any atom is 0.328 e. The summed E-state index contributed by atoms with van der Waals surface area (Å²) in [6.45, 7) is 0. The maximum absolute atomic E-state index is 12.6. The van der Waals surface area contributed by atoms with Gasteiger partial charge in [-0.1, -0.05) is 42.5 Å². The first-order valence-electron chi connectivity index (χ1n) is 9.12. The molecule has 170 valence electrons. The van der Waals surface area contributed by atoms with Crippen molar-refractivity contribution in [3.05, 3.63) is 54.6 Å². The Hall–Kier alpha value is -3.38. The fourth-order valence-electron chi connectivity index (χ4n) is 2.78. The lowest BCUT2D eigenvalue weighted by molar-refractivity contribution is 0.348. The summed E-state index contributed by atoms with van der Waals surface area (Å²) in [6.07, 6.45) is 0.836. The van der Waals surface area contributed by atoms with E-state index in [4.69, 9.17) is 14.2 Å². The van der Waals surface area contributed by atoms with Crippen LogP contribution in [0.4, 0.5) is 5.69 Å². The fraction of sp³-hybridized carbons (Fsp3) is 0.200. The second-order valence-corrected chi connectivity index (χ2v) is 10.9. The van der Waals surface area contributed by atoms with Crippen LogP contribution in [0.2, 0.25) is 0 Å². The van der Waals surface area contributed by atoms with Crippen molar-refractivity contribution in [2.24, 2.45) is 0 Å². The first-order valence-corrected chi connectivity index (χ1v) is 12.8. The molecule has 12 heteroatoms. The van der Waals surface area contributed by atoms with Crippen LogP contribution < -0.4 is 18.9 Å². The molecule has 0 aliphatic heterocycles. The van der Waals surface area contributed by atoms with Gasteiger partial charge in [-0.05, 0) is 11.6 Å². The van der Waals surface area contributed by atoms with Gasteiger partial charge in [-0.3, -0.25) is 4.72 Å². The van der Waals surface area contributed by atoms with Crippen LogP contribution in [-0.2, 0) is 19.9 Å². The van der Waals surface area contributed by atoms with Crippen molar-refractivity contribution in [3.8, 4) is 34.6 Å². The number of rotatable bonds is 9. The molecule has 2 aromatic carbocycles. The Bertz CT molecular complexity index is 1290. The average Bonchev–Trinajstić information content (AvgIpc) is 2.73. The number of sulfonamides is 1. The van der Waals surface area contributed by atoms with Crippen LogP contribution in [0, 0.1) is 0 Å². The average molecular weight is 480 g/mol. The van der Waals surface area contributed by atoms with Crippen LogP contribution in [0.1, 0.15) is 0 Å². The van der Waals surface area contributed by atoms with Gasteiger partial charge in [0.05, 0.1) is 26.0 Å². The van der Waals surface area contributed by atoms with Crippen molar-refractivity contribution in [1.82, 2.24) is 9.97 Å². The zero-order valence-corrected chi connectivity index (χ0v) is 19.1. The molecule has 0 spiro atoms. The van der Waals surface area contributed by atoms with Crippen LogP contribution >= 0.6 is 0 Å². The number of nitrogens with one attached hydrogen (secondary N) is 1. The zero-order valence-electron chi connectivity index (χ0n) is 17.5. The van der Waals surface area contributed by atoms with E-state index in [1.807, 2.05) is 6.07 Å². The number of sulfone groups is 1. The molecule has 0 radical (unpaired) electrons. The van der Waals surface area contributed by atoms with E-state index in [9.17, 15) is 16.8 Å². The number of anilines is 1. The van der Waals surface area contributed by atoms with Crippen LogP contribution in [0.15, 0.2) is 54.6 Å². The summed E-state index contributed by atoms with van der Waals surface area (Å²) in [7, 11) is -5.27. The van der Waals surface area contributed by atoms with Gasteiger partial charge in [0.2, 0.25) is 21.8 Å². The Morgan fingerprint density at radius 3 is 2.06 bits per heavy atom. The standard InChI is InChI=1S/C20H21N3O7S2/c1-28-17-12-18(29-2)22-20(21-17)30-16-11-7-10-15(14-8-5-4-6-9-14)19(16)23-32(26,27)13-31(3,24)25/h4-12,23H,13H2,1-3H3. The first-order chi connectivity index (χ1) is 15.1. The molecule has 0 bridgehead atoms. The summed E-state index contributed by atoms with van der Waals surface area (Å²) < 4.78 is 66.7. The summed E-state index contributed by atoms with van der Waals surface area (Å²) >= 11 is 0. The van der Waals surface area contributed by atoms with Crippen molar-refractivity contribution >= 4 is 25.5 Å². The molecule has 1 aromatic heterocycles. The van der Waals surface area contributed by atoms with Crippen molar-refractivity contribution in [2.45, 2.75) is 0 Å². The summed E-state index contributed by atoms with van der Waals surface area (Å²) in [5, 5.41) is -1.09. The van der Waals surface area contributed by atoms with E-state index in [2.05, 4.69) is 14.7 Å². The number of benzene rings is 2. The van der Waals surface area contributed by atoms with E-state index in [0.29, 0.717) is 11.1 Å². The Morgan fingerprint density at radius 2 is 1.50 bits per heavy atom. The van der Waals surface area contributed by atoms with Gasteiger partial charge in [-0.25, -0.2) is 16.8 Å². The lowest BCUT2D eigenvalue weighted by atomic mass is 10.0. The molecule has 0 atom stereocenters. The highest BCUT2D eigenvalue weighted by atomic mass is 32.3. The van der Waals surface area contributed by atoms with Crippen molar-refractivity contribution in [3.63, 3.8) is 0 Å². The van der Waals surface area contributed by atoms with Gasteiger partial charge in [0.25, 0.3) is 0 Å². The number of hydrogen-bond donors (Lipinski definition) is 1. The summed E-state index contributed by atoms with van der Waals surface area (Å²) in [5.74, 6) is 0.397. The minimum Gasteiger partial charge on any atom is -0.481 e. The van der Waals surface area contributed by atoms with Crippen molar-refractivity contribution in [2.75, 3.05) is 30.3 Å². The topological polar surface area (TPSA) is 134 Å². The number of hydrogen-bond acceptors (Lipinski definition) is 9. The molecular weight excluding hydrogens is 458 g/mol. The van der Waals surface area contributed by atoms with Gasteiger partial charge in [0.15, 0.2) is 20.7 Å². The lowest BCUT2D eigenvalue weighted by Crippen LogP contribution is -2.22. The molecule has 0 aliphatic carbocycles. The van der Waals surface area contributed by atoms with Crippen molar-refractivity contribution < 1.29 is 31.0 Å². The maximum atomic E-state index is 12.6. The van der Waals surface area contributed by atoms with Crippen molar-refractivity contribution in [1.29, 1.82) is 0 Å². The lowest BCUT2D eigenvalue weighted by Gasteiger charge is -2.17. The van der Waals surface area contributed by atoms with Gasteiger partial charge in [-0.15, -0.1) is 0 Å². The molecule has 3 rings (SSSR count). The third kappa shape index (κ3) is 6.08. The molecule has 0 fully saturated rings. The molecule has 1 heterocycles. The Morgan fingerprint density at radius 1 is 0.875 bits per heavy atom. The number of nitrogens with zero attached hydrogens (tertiary/aromatic N) is 2. The van der Waals surface area contributed by atoms with Gasteiger partial charge in [0.1, 0.15) is 0 Å². The highest BCUT2D eigenvalue weighted by Gasteiger charge is 2.23. The van der Waals surface area contributed by atoms with Crippen LogP contribution in [0.25, 0.3) is 11.1 Å². The number of para-hydroxylation sites is 1. The largest absolute Gasteiger partial charge is 0.481 e. The number of ether oxygens (including phenoxy) is 3. The van der Waals surface area contributed by atoms with Crippen LogP contribution in [-0.4, -0.2) is 52.4 Å². The second-order valence-electron chi connectivity index (χ2n) is 6.64. The Balaban J connectivity index is 2.12. The van der Waals surface area contributed by atoms with E-state index in [1.54, 1.807) is 36.4 Å². The van der Waals surface area contributed by atoms with E-state index >= 15 is 0 Å². The molecule has 32 heavy (non-hydrogen) atoms. The first kappa shape index (κ1) is 23.3. The quantitative estimate of drug-likeness (QED) is 0.491. The summed E-state index contributed by atoms with van der Waals surface area (Å²) in [4.78, 5) is 8.17. The summed E-state index contributed by atoms with van der Waals surface area (Å²) in [5.41, 5.74) is 1.18. The third-order valence-corrected chi connectivity index (χ3v) is 7.48. The Labute approximate surface area is 186 Å². The number of aromatic nitrogens is 2. The smallest absolute Gasteiger partial charge is 0.328 e. The van der Waals surface area contributed by atoms with Gasteiger partial charge >= 0.3 is 6.01 Å². The Kier molecular flexibility index (Phi) is 6.84. The SMILES string of the molecule is COc1cc(OC)nc(Oc2cccc(-c3ccccc3)c2NS(=O)(=O)CS(C)(=O)=O)n1. The normalized spacial score (nSPS) is 11.6. The third-order valence-electron chi connectivity index (χ3n) is 4.02. The molecule has 0 unspecified atom stereocenters. The van der Waals surface area contributed by atoms with Gasteiger partial charge in [-0.2, -0.15) is 9.97 Å². The molecule has 0 saturated heterocycles. The predicted octanol–water partition coefficient (Wildman–Crippen LogP) is 2.70. The van der Waals surface area contributed by atoms with Gasteiger partial charge < -0.3 is 14.2 Å². The minimum absolute atomic E-state index is 0.0349. The molecule has 10 nitrogen and oxygen atoms in total. The molecule has 0 amide bonds. The minimum atomic E-state index is -4.27. The molecule has 0 aliphatic rings. The second kappa shape index (κ2) is 9.40. The highest BCUT2D eigenvalue weighted by Crippen LogP contribution is 2.38. The highest BCUT2D eigenvalue weighted by molar-refractivity contribution is 8.08. The molecule has 0 saturated carbocycles. The van der Waals surface area contributed by atoms with E-state index in [-0.39, 0.29) is 29.2 Å². The monoisotopic (exact) mass is 479 g/mol. The van der Waals surface area contributed by atoms with E-state index in [0.717, 1.165) is 6.26 Å². The molecule has 3 aromatic rings. The number of methoxy groups -OCH3 is 2. The zero-order chi connectivity index (χ0) is 23.4. The molecular formula is C20H21N3O7S2. The fourth-order valence-corrected chi connectivity index (χ4v) is 5.80. The van der Waals surface area contributed by atoms with Crippen LogP contribution in [0.3, 0.4) is 0 Å². The predicted molar refractivity (Wildman–Crippen MR) is 119 cm³/mol. The van der Waals surface area contributed by atoms with Crippen LogP contribution in [0.5, 0.6) is 23.5 Å². The molecule has 1 N–H and O–H groups in total. The van der Waals surface area contributed by atoms with E-state index < -0.39 is 24.9 Å². The van der Waals surface area contributed by atoms with Gasteiger partial charge in [0, 0.05) is 11.8 Å².